The lowest BCUT2D eigenvalue weighted by atomic mass is 10.1. The normalized spacial score (nSPS) is 10.6. The van der Waals surface area contributed by atoms with Crippen LogP contribution in [-0.4, -0.2) is 34.6 Å². The Morgan fingerprint density at radius 1 is 1.22 bits per heavy atom. The molecule has 0 atom stereocenters. The van der Waals surface area contributed by atoms with Gasteiger partial charge in [-0.25, -0.2) is 0 Å². The molecule has 7 heteroatoms. The summed E-state index contributed by atoms with van der Waals surface area (Å²) in [6, 6.07) is 14.7. The number of rotatable bonds is 7. The molecule has 0 saturated carbocycles. The lowest BCUT2D eigenvalue weighted by Gasteiger charge is -2.14. The van der Waals surface area contributed by atoms with E-state index in [4.69, 9.17) is 20.9 Å². The summed E-state index contributed by atoms with van der Waals surface area (Å²) < 4.78 is 10.7. The molecule has 0 aliphatic heterocycles. The molecule has 1 amide bonds. The third-order valence-corrected chi connectivity index (χ3v) is 4.17. The molecule has 3 rings (SSSR count). The topological polar surface area (TPSA) is 68.5 Å². The molecule has 0 saturated heterocycles. The van der Waals surface area contributed by atoms with Crippen LogP contribution in [0, 0.1) is 0 Å². The number of nitrogens with zero attached hydrogens (tertiary/aromatic N) is 3. The Balaban J connectivity index is 1.61. The molecule has 1 aromatic heterocycles. The summed E-state index contributed by atoms with van der Waals surface area (Å²) in [5, 5.41) is 4.60. The molecule has 0 unspecified atom stereocenters. The number of amides is 1. The lowest BCUT2D eigenvalue weighted by Crippen LogP contribution is -2.27. The van der Waals surface area contributed by atoms with Crippen molar-refractivity contribution in [3.05, 3.63) is 65.0 Å². The number of halogens is 1. The van der Waals surface area contributed by atoms with Crippen molar-refractivity contribution in [1.82, 2.24) is 15.0 Å². The molecule has 0 aliphatic carbocycles. The number of carbonyl (C=O) groups excluding carboxylic acids is 1. The first-order chi connectivity index (χ1) is 13.0. The molecule has 1 heterocycles. The van der Waals surface area contributed by atoms with Crippen molar-refractivity contribution in [2.45, 2.75) is 19.9 Å². The number of hydrogen-bond donors (Lipinski definition) is 0. The van der Waals surface area contributed by atoms with Crippen LogP contribution in [0.5, 0.6) is 5.75 Å². The second-order valence-corrected chi connectivity index (χ2v) is 6.46. The Morgan fingerprint density at radius 3 is 2.70 bits per heavy atom. The Hall–Kier alpha value is -2.86. The molecule has 2 aromatic carbocycles. The average Bonchev–Trinajstić information content (AvgIpc) is 3.11. The maximum Gasteiger partial charge on any atom is 0.246 e. The van der Waals surface area contributed by atoms with Crippen LogP contribution in [0.2, 0.25) is 5.02 Å². The van der Waals surface area contributed by atoms with Crippen LogP contribution in [-0.2, 0) is 17.8 Å². The number of hydrogen-bond acceptors (Lipinski definition) is 5. The van der Waals surface area contributed by atoms with Gasteiger partial charge in [0.1, 0.15) is 5.75 Å². The van der Waals surface area contributed by atoms with Crippen LogP contribution in [0.1, 0.15) is 18.4 Å². The fourth-order valence-electron chi connectivity index (χ4n) is 2.55. The first-order valence-electron chi connectivity index (χ1n) is 8.59. The molecule has 0 spiro atoms. The first kappa shape index (κ1) is 18.9. The van der Waals surface area contributed by atoms with E-state index in [2.05, 4.69) is 10.1 Å². The van der Waals surface area contributed by atoms with Crippen LogP contribution in [0.3, 0.4) is 0 Å². The molecule has 3 aromatic rings. The van der Waals surface area contributed by atoms with Gasteiger partial charge in [-0.3, -0.25) is 4.79 Å². The third kappa shape index (κ3) is 5.08. The molecule has 6 nitrogen and oxygen atoms in total. The predicted molar refractivity (Wildman–Crippen MR) is 103 cm³/mol. The number of benzene rings is 2. The minimum Gasteiger partial charge on any atom is -0.494 e. The van der Waals surface area contributed by atoms with E-state index in [0.717, 1.165) is 16.9 Å². The van der Waals surface area contributed by atoms with Crippen LogP contribution in [0.15, 0.2) is 53.1 Å². The van der Waals surface area contributed by atoms with Gasteiger partial charge in [0, 0.05) is 17.6 Å². The molecule has 0 aliphatic rings. The highest BCUT2D eigenvalue weighted by molar-refractivity contribution is 6.30. The zero-order valence-electron chi connectivity index (χ0n) is 15.2. The maximum absolute atomic E-state index is 12.4. The van der Waals surface area contributed by atoms with Gasteiger partial charge >= 0.3 is 0 Å². The molecule has 0 bridgehead atoms. The summed E-state index contributed by atoms with van der Waals surface area (Å²) in [6.45, 7) is 2.79. The van der Waals surface area contributed by atoms with Gasteiger partial charge in [0.05, 0.1) is 19.6 Å². The smallest absolute Gasteiger partial charge is 0.246 e. The molecule has 27 heavy (non-hydrogen) atoms. The van der Waals surface area contributed by atoms with Gasteiger partial charge in [-0.15, -0.1) is 0 Å². The molecule has 140 valence electrons. The Labute approximate surface area is 162 Å². The van der Waals surface area contributed by atoms with Crippen LogP contribution in [0.4, 0.5) is 0 Å². The lowest BCUT2D eigenvalue weighted by molar-refractivity contribution is -0.130. The van der Waals surface area contributed by atoms with Crippen LogP contribution in [0.25, 0.3) is 11.4 Å². The third-order valence-electron chi connectivity index (χ3n) is 3.93. The van der Waals surface area contributed by atoms with E-state index in [1.165, 1.54) is 0 Å². The van der Waals surface area contributed by atoms with Gasteiger partial charge in [-0.05, 0) is 48.9 Å². The van der Waals surface area contributed by atoms with Crippen molar-refractivity contribution >= 4 is 17.5 Å². The number of likely N-dealkylation sites (N-methyl/N-ethyl adjacent to an activating group) is 1. The van der Waals surface area contributed by atoms with E-state index in [1.54, 1.807) is 24.1 Å². The minimum absolute atomic E-state index is 0.0573. The minimum atomic E-state index is -0.0573. The highest BCUT2D eigenvalue weighted by Gasteiger charge is 2.15. The predicted octanol–water partition coefficient (Wildman–Crippen LogP) is 3.99. The van der Waals surface area contributed by atoms with Gasteiger partial charge in [0.25, 0.3) is 0 Å². The van der Waals surface area contributed by atoms with Crippen molar-refractivity contribution in [2.75, 3.05) is 13.7 Å². The Morgan fingerprint density at radius 2 is 2.00 bits per heavy atom. The molecule has 0 fully saturated rings. The quantitative estimate of drug-likeness (QED) is 0.615. The molecule has 0 N–H and O–H groups in total. The highest BCUT2D eigenvalue weighted by atomic mass is 35.5. The fourth-order valence-corrected chi connectivity index (χ4v) is 2.76. The van der Waals surface area contributed by atoms with E-state index in [-0.39, 0.29) is 18.9 Å². The number of aromatic nitrogens is 2. The van der Waals surface area contributed by atoms with Gasteiger partial charge in [-0.2, -0.15) is 4.98 Å². The standard InChI is InChI=1S/C20H20ClN3O3/c1-3-26-17-9-7-15(8-10-17)20-22-18(27-23-20)13-24(2)19(25)12-14-5-4-6-16(21)11-14/h4-11H,3,12-13H2,1-2H3. The Kier molecular flexibility index (Phi) is 6.08. The molecular weight excluding hydrogens is 366 g/mol. The van der Waals surface area contributed by atoms with Gasteiger partial charge in [-0.1, -0.05) is 28.9 Å². The fraction of sp³-hybridized carbons (Fsp3) is 0.250. The van der Waals surface area contributed by atoms with Crippen molar-refractivity contribution in [2.24, 2.45) is 0 Å². The second kappa shape index (κ2) is 8.68. The van der Waals surface area contributed by atoms with Crippen molar-refractivity contribution in [3.63, 3.8) is 0 Å². The highest BCUT2D eigenvalue weighted by Crippen LogP contribution is 2.20. The molecule has 0 radical (unpaired) electrons. The van der Waals surface area contributed by atoms with E-state index in [0.29, 0.717) is 23.3 Å². The van der Waals surface area contributed by atoms with E-state index in [1.807, 2.05) is 43.3 Å². The largest absolute Gasteiger partial charge is 0.494 e. The number of ether oxygens (including phenoxy) is 1. The first-order valence-corrected chi connectivity index (χ1v) is 8.97. The molecular formula is C20H20ClN3O3. The zero-order chi connectivity index (χ0) is 19.2. The summed E-state index contributed by atoms with van der Waals surface area (Å²) in [4.78, 5) is 18.3. The van der Waals surface area contributed by atoms with Gasteiger partial charge < -0.3 is 14.2 Å². The average molecular weight is 386 g/mol. The maximum atomic E-state index is 12.4. The SMILES string of the molecule is CCOc1ccc(-c2noc(CN(C)C(=O)Cc3cccc(Cl)c3)n2)cc1. The van der Waals surface area contributed by atoms with Crippen molar-refractivity contribution in [3.8, 4) is 17.1 Å². The summed E-state index contributed by atoms with van der Waals surface area (Å²) in [5.74, 6) is 1.58. The number of carbonyl (C=O) groups is 1. The monoisotopic (exact) mass is 385 g/mol. The summed E-state index contributed by atoms with van der Waals surface area (Å²) in [7, 11) is 1.70. The summed E-state index contributed by atoms with van der Waals surface area (Å²) >= 11 is 5.96. The summed E-state index contributed by atoms with van der Waals surface area (Å²) in [5.41, 5.74) is 1.68. The van der Waals surface area contributed by atoms with Crippen LogP contribution < -0.4 is 4.74 Å². The van der Waals surface area contributed by atoms with Gasteiger partial charge in [0.2, 0.25) is 17.6 Å². The van der Waals surface area contributed by atoms with Crippen molar-refractivity contribution < 1.29 is 14.1 Å². The van der Waals surface area contributed by atoms with Crippen LogP contribution >= 0.6 is 11.6 Å². The Bertz CT molecular complexity index is 909. The summed E-state index contributed by atoms with van der Waals surface area (Å²) in [6.07, 6.45) is 0.261. The zero-order valence-corrected chi connectivity index (χ0v) is 15.9. The van der Waals surface area contributed by atoms with Crippen molar-refractivity contribution in [1.29, 1.82) is 0 Å². The van der Waals surface area contributed by atoms with Gasteiger partial charge in [0.15, 0.2) is 0 Å². The van der Waals surface area contributed by atoms with E-state index >= 15 is 0 Å². The van der Waals surface area contributed by atoms with E-state index in [9.17, 15) is 4.79 Å². The second-order valence-electron chi connectivity index (χ2n) is 6.03. The van der Waals surface area contributed by atoms with E-state index < -0.39 is 0 Å².